The zero-order valence-electron chi connectivity index (χ0n) is 11.2. The summed E-state index contributed by atoms with van der Waals surface area (Å²) < 4.78 is 0.753. The molecule has 3 nitrogen and oxygen atoms in total. The summed E-state index contributed by atoms with van der Waals surface area (Å²) in [5.41, 5.74) is 1.70. The van der Waals surface area contributed by atoms with Gasteiger partial charge in [0.25, 0.3) is 5.91 Å². The molecule has 0 aliphatic heterocycles. The number of carbonyl (C=O) groups is 1. The van der Waals surface area contributed by atoms with Crippen molar-refractivity contribution in [1.29, 1.82) is 0 Å². The lowest BCUT2D eigenvalue weighted by molar-refractivity contribution is 0.102. The summed E-state index contributed by atoms with van der Waals surface area (Å²) in [6, 6.07) is 10.6. The van der Waals surface area contributed by atoms with Gasteiger partial charge in [-0.2, -0.15) is 0 Å². The first-order valence-electron chi connectivity index (χ1n) is 6.31. The Morgan fingerprint density at radius 1 is 1.19 bits per heavy atom. The van der Waals surface area contributed by atoms with E-state index >= 15 is 0 Å². The van der Waals surface area contributed by atoms with E-state index in [0.29, 0.717) is 21.3 Å². The molecule has 0 aliphatic carbocycles. The van der Waals surface area contributed by atoms with Gasteiger partial charge < -0.3 is 10.6 Å². The third kappa shape index (κ3) is 3.90. The van der Waals surface area contributed by atoms with E-state index in [1.807, 2.05) is 19.1 Å². The van der Waals surface area contributed by atoms with Crippen LogP contribution in [0.15, 0.2) is 40.9 Å². The molecular formula is C15H13BrCl2N2O. The number of halogens is 3. The maximum Gasteiger partial charge on any atom is 0.257 e. The molecule has 2 aromatic carbocycles. The number of nitrogens with one attached hydrogen (secondary N) is 2. The average Bonchev–Trinajstić information content (AvgIpc) is 2.43. The topological polar surface area (TPSA) is 41.1 Å². The minimum Gasteiger partial charge on any atom is -0.385 e. The minimum absolute atomic E-state index is 0.266. The van der Waals surface area contributed by atoms with E-state index in [2.05, 4.69) is 26.6 Å². The lowest BCUT2D eigenvalue weighted by Gasteiger charge is -2.13. The van der Waals surface area contributed by atoms with Gasteiger partial charge in [-0.25, -0.2) is 0 Å². The van der Waals surface area contributed by atoms with Crippen LogP contribution in [0.1, 0.15) is 17.3 Å². The number of amides is 1. The van der Waals surface area contributed by atoms with E-state index in [1.165, 1.54) is 0 Å². The predicted molar refractivity (Wildman–Crippen MR) is 92.7 cm³/mol. The molecule has 0 bridgehead atoms. The number of hydrogen-bond acceptors (Lipinski definition) is 2. The van der Waals surface area contributed by atoms with Gasteiger partial charge in [-0.3, -0.25) is 4.79 Å². The highest BCUT2D eigenvalue weighted by atomic mass is 79.9. The second-order valence-corrected chi connectivity index (χ2v) is 6.00. The maximum atomic E-state index is 12.4. The summed E-state index contributed by atoms with van der Waals surface area (Å²) in [7, 11) is 0. The molecule has 0 spiro atoms. The van der Waals surface area contributed by atoms with E-state index in [0.717, 1.165) is 16.7 Å². The van der Waals surface area contributed by atoms with Gasteiger partial charge in [0.15, 0.2) is 0 Å². The molecule has 0 saturated heterocycles. The zero-order valence-corrected chi connectivity index (χ0v) is 14.3. The van der Waals surface area contributed by atoms with E-state index < -0.39 is 0 Å². The first-order valence-corrected chi connectivity index (χ1v) is 7.86. The van der Waals surface area contributed by atoms with Crippen LogP contribution >= 0.6 is 39.1 Å². The number of carbonyl (C=O) groups excluding carboxylic acids is 1. The van der Waals surface area contributed by atoms with E-state index in [9.17, 15) is 4.79 Å². The largest absolute Gasteiger partial charge is 0.385 e. The molecule has 1 amide bonds. The Bertz CT molecular complexity index is 653. The van der Waals surface area contributed by atoms with Crippen LogP contribution in [0, 0.1) is 0 Å². The van der Waals surface area contributed by atoms with Gasteiger partial charge in [-0.15, -0.1) is 0 Å². The Kier molecular flexibility index (Phi) is 5.51. The molecule has 0 saturated carbocycles. The molecule has 0 radical (unpaired) electrons. The monoisotopic (exact) mass is 386 g/mol. The van der Waals surface area contributed by atoms with Gasteiger partial charge >= 0.3 is 0 Å². The summed E-state index contributed by atoms with van der Waals surface area (Å²) in [6.45, 7) is 2.70. The van der Waals surface area contributed by atoms with Crippen molar-refractivity contribution in [2.24, 2.45) is 0 Å². The fourth-order valence-corrected chi connectivity index (χ4v) is 3.17. The fraction of sp³-hybridized carbons (Fsp3) is 0.133. The lowest BCUT2D eigenvalue weighted by atomic mass is 10.1. The molecule has 2 aromatic rings. The summed E-state index contributed by atoms with van der Waals surface area (Å²) in [6.07, 6.45) is 0. The first-order chi connectivity index (χ1) is 10.0. The normalized spacial score (nSPS) is 10.3. The van der Waals surface area contributed by atoms with Gasteiger partial charge in [-0.05, 0) is 31.2 Å². The van der Waals surface area contributed by atoms with E-state index in [4.69, 9.17) is 23.2 Å². The number of hydrogen-bond donors (Lipinski definition) is 2. The number of anilines is 2. The van der Waals surface area contributed by atoms with Crippen molar-refractivity contribution in [3.63, 3.8) is 0 Å². The Morgan fingerprint density at radius 2 is 1.81 bits per heavy atom. The fourth-order valence-electron chi connectivity index (χ4n) is 1.87. The van der Waals surface area contributed by atoms with Gasteiger partial charge in [0.05, 0.1) is 21.3 Å². The molecule has 0 atom stereocenters. The SMILES string of the molecule is CCNc1ccccc1C(=O)Nc1c(Cl)cc(Br)cc1Cl. The molecular weight excluding hydrogens is 375 g/mol. The van der Waals surface area contributed by atoms with Crippen LogP contribution in [0.25, 0.3) is 0 Å². The maximum absolute atomic E-state index is 12.4. The van der Waals surface area contributed by atoms with Crippen molar-refractivity contribution in [1.82, 2.24) is 0 Å². The number of para-hydroxylation sites is 1. The molecule has 6 heteroatoms. The van der Waals surface area contributed by atoms with Crippen molar-refractivity contribution in [3.8, 4) is 0 Å². The summed E-state index contributed by atoms with van der Waals surface area (Å²) in [5.74, 6) is -0.266. The Balaban J connectivity index is 2.31. The van der Waals surface area contributed by atoms with Crippen LogP contribution < -0.4 is 10.6 Å². The van der Waals surface area contributed by atoms with E-state index in [1.54, 1.807) is 24.3 Å². The van der Waals surface area contributed by atoms with E-state index in [-0.39, 0.29) is 5.91 Å². The van der Waals surface area contributed by atoms with Gasteiger partial charge in [0.2, 0.25) is 0 Å². The predicted octanol–water partition coefficient (Wildman–Crippen LogP) is 5.44. The second kappa shape index (κ2) is 7.16. The van der Waals surface area contributed by atoms with Crippen molar-refractivity contribution in [2.45, 2.75) is 6.92 Å². The van der Waals surface area contributed by atoms with Crippen molar-refractivity contribution in [2.75, 3.05) is 17.2 Å². The van der Waals surface area contributed by atoms with Crippen LogP contribution in [0.5, 0.6) is 0 Å². The van der Waals surface area contributed by atoms with Crippen LogP contribution in [0.3, 0.4) is 0 Å². The Labute approximate surface area is 141 Å². The highest BCUT2D eigenvalue weighted by molar-refractivity contribution is 9.10. The van der Waals surface area contributed by atoms with Crippen molar-refractivity contribution >= 4 is 56.4 Å². The highest BCUT2D eigenvalue weighted by Gasteiger charge is 2.15. The highest BCUT2D eigenvalue weighted by Crippen LogP contribution is 2.34. The summed E-state index contributed by atoms with van der Waals surface area (Å²) >= 11 is 15.5. The average molecular weight is 388 g/mol. The summed E-state index contributed by atoms with van der Waals surface area (Å²) in [4.78, 5) is 12.4. The smallest absolute Gasteiger partial charge is 0.257 e. The van der Waals surface area contributed by atoms with Gasteiger partial charge in [0.1, 0.15) is 0 Å². The minimum atomic E-state index is -0.266. The first kappa shape index (κ1) is 16.1. The van der Waals surface area contributed by atoms with Crippen LogP contribution in [-0.2, 0) is 0 Å². The lowest BCUT2D eigenvalue weighted by Crippen LogP contribution is -2.15. The number of benzene rings is 2. The van der Waals surface area contributed by atoms with Crippen molar-refractivity contribution < 1.29 is 4.79 Å². The summed E-state index contributed by atoms with van der Waals surface area (Å²) in [5, 5.41) is 6.66. The third-order valence-electron chi connectivity index (χ3n) is 2.78. The Hall–Kier alpha value is -1.23. The Morgan fingerprint density at radius 3 is 2.43 bits per heavy atom. The molecule has 110 valence electrons. The van der Waals surface area contributed by atoms with Crippen LogP contribution in [0.4, 0.5) is 11.4 Å². The van der Waals surface area contributed by atoms with Gasteiger partial charge in [0, 0.05) is 16.7 Å². The zero-order chi connectivity index (χ0) is 15.4. The molecule has 0 heterocycles. The number of rotatable bonds is 4. The molecule has 0 aliphatic rings. The quantitative estimate of drug-likeness (QED) is 0.733. The standard InChI is InChI=1S/C15H13BrCl2N2O/c1-2-19-13-6-4-3-5-10(13)15(21)20-14-11(17)7-9(16)8-12(14)18/h3-8,19H,2H2,1H3,(H,20,21). The van der Waals surface area contributed by atoms with Crippen LogP contribution in [-0.4, -0.2) is 12.5 Å². The third-order valence-corrected chi connectivity index (χ3v) is 3.84. The van der Waals surface area contributed by atoms with Gasteiger partial charge in [-0.1, -0.05) is 51.3 Å². The molecule has 2 rings (SSSR count). The molecule has 0 aromatic heterocycles. The second-order valence-electron chi connectivity index (χ2n) is 4.27. The molecule has 21 heavy (non-hydrogen) atoms. The molecule has 2 N–H and O–H groups in total. The molecule has 0 unspecified atom stereocenters. The van der Waals surface area contributed by atoms with Crippen molar-refractivity contribution in [3.05, 3.63) is 56.5 Å². The molecule has 0 fully saturated rings. The van der Waals surface area contributed by atoms with Crippen LogP contribution in [0.2, 0.25) is 10.0 Å².